The molecule has 4 rings (SSSR count). The Hall–Kier alpha value is 0.362. The fourth-order valence-electron chi connectivity index (χ4n) is 3.52. The molecular weight excluding hydrogens is 655 g/mol. The number of hydrogen-bond donors (Lipinski definition) is 0. The third-order valence-corrected chi connectivity index (χ3v) is 5.58. The minimum absolute atomic E-state index is 0. The maximum atomic E-state index is 3.28. The Morgan fingerprint density at radius 2 is 0.619 bits per heavy atom. The van der Waals surface area contributed by atoms with Crippen LogP contribution in [0.15, 0.2) is 68.9 Å². The maximum Gasteiger partial charge on any atom is -1.00 e. The van der Waals surface area contributed by atoms with Crippen LogP contribution < -0.4 is 24.8 Å². The SMILES string of the molecule is CCC1=[C-]CC(C)=C1.CCC1=[C-]CC(C)=C1.CCC1=[C-]CC(C)=C1.CCC1=[C-]CC(C)=C1.C[Si](C)=[Ti+2].C[Si](C)=[Ti+2].[Cl-].[Cl-]. The van der Waals surface area contributed by atoms with Crippen LogP contribution >= 0.6 is 0 Å². The van der Waals surface area contributed by atoms with E-state index in [-0.39, 0.29) is 37.2 Å². The molecule has 0 radical (unpaired) electrons. The second kappa shape index (κ2) is 31.3. The molecule has 0 fully saturated rings. The monoisotopic (exact) mass is 710 g/mol. The molecule has 0 nitrogen and oxygen atoms in total. The molecule has 232 valence electrons. The maximum absolute atomic E-state index is 3.28. The predicted molar refractivity (Wildman–Crippen MR) is 177 cm³/mol. The summed E-state index contributed by atoms with van der Waals surface area (Å²) >= 11 is 4.54. The van der Waals surface area contributed by atoms with Gasteiger partial charge in [0.15, 0.2) is 0 Å². The van der Waals surface area contributed by atoms with Gasteiger partial charge in [0.2, 0.25) is 0 Å². The molecule has 0 aromatic heterocycles. The Bertz CT molecular complexity index is 888. The van der Waals surface area contributed by atoms with E-state index in [4.69, 9.17) is 0 Å². The molecule has 0 N–H and O–H groups in total. The van der Waals surface area contributed by atoms with Crippen LogP contribution in [0.5, 0.6) is 0 Å². The van der Waals surface area contributed by atoms with Crippen LogP contribution in [0.3, 0.4) is 0 Å². The fraction of sp³-hybridized carbons (Fsp3) is 0.556. The molecule has 0 unspecified atom stereocenters. The Kier molecular flexibility index (Phi) is 36.8. The van der Waals surface area contributed by atoms with Crippen molar-refractivity contribution in [1.29, 1.82) is 0 Å². The van der Waals surface area contributed by atoms with E-state index in [9.17, 15) is 0 Å². The van der Waals surface area contributed by atoms with Crippen LogP contribution in [0.25, 0.3) is 0 Å². The van der Waals surface area contributed by atoms with Crippen LogP contribution in [0.4, 0.5) is 0 Å². The van der Waals surface area contributed by atoms with Gasteiger partial charge in [0, 0.05) is 0 Å². The molecule has 0 saturated carbocycles. The van der Waals surface area contributed by atoms with E-state index in [1.54, 1.807) is 0 Å². The van der Waals surface area contributed by atoms with Gasteiger partial charge in [-0.2, -0.15) is 22.3 Å². The summed E-state index contributed by atoms with van der Waals surface area (Å²) in [4.78, 5) is 0. The molecule has 0 bridgehead atoms. The quantitative estimate of drug-likeness (QED) is 0.268. The van der Waals surface area contributed by atoms with Crippen LogP contribution in [0, 0.1) is 24.3 Å². The second-order valence-electron chi connectivity index (χ2n) is 10.9. The third kappa shape index (κ3) is 31.8. The van der Waals surface area contributed by atoms with Gasteiger partial charge in [-0.3, -0.25) is 24.3 Å². The van der Waals surface area contributed by atoms with Crippen LogP contribution in [0.1, 0.15) is 107 Å². The molecular formula is C36H56Cl2Si2Ti2-2. The topological polar surface area (TPSA) is 0 Å². The Labute approximate surface area is 299 Å². The summed E-state index contributed by atoms with van der Waals surface area (Å²) in [6, 6.07) is 0. The molecule has 0 amide bonds. The van der Waals surface area contributed by atoms with Gasteiger partial charge in [-0.1, -0.05) is 81.1 Å². The third-order valence-electron chi connectivity index (χ3n) is 5.58. The van der Waals surface area contributed by atoms with Crippen molar-refractivity contribution in [2.75, 3.05) is 0 Å². The summed E-state index contributed by atoms with van der Waals surface area (Å²) in [5.41, 5.74) is 11.3. The molecule has 0 aromatic rings. The van der Waals surface area contributed by atoms with Crippen molar-refractivity contribution in [3.05, 3.63) is 93.2 Å². The van der Waals surface area contributed by atoms with Gasteiger partial charge in [-0.05, 0) is 0 Å². The number of rotatable bonds is 4. The molecule has 0 spiro atoms. The van der Waals surface area contributed by atoms with Gasteiger partial charge in [0.05, 0.1) is 0 Å². The van der Waals surface area contributed by atoms with E-state index in [0.717, 1.165) is 51.4 Å². The van der Waals surface area contributed by atoms with Crippen molar-refractivity contribution in [3.8, 4) is 0 Å². The molecule has 4 aliphatic rings. The first kappa shape index (κ1) is 49.2. The minimum Gasteiger partial charge on any atom is -1.00 e. The smallest absolute Gasteiger partial charge is 1.00 e. The van der Waals surface area contributed by atoms with Gasteiger partial charge in [0.25, 0.3) is 0 Å². The van der Waals surface area contributed by atoms with E-state index >= 15 is 0 Å². The van der Waals surface area contributed by atoms with Crippen LogP contribution in [-0.4, -0.2) is 12.4 Å². The average Bonchev–Trinajstić information content (AvgIpc) is 3.68. The summed E-state index contributed by atoms with van der Waals surface area (Å²) < 4.78 is 0. The first-order chi connectivity index (χ1) is 18.8. The number of hydrogen-bond acceptors (Lipinski definition) is 0. The van der Waals surface area contributed by atoms with Gasteiger partial charge in [0.1, 0.15) is 0 Å². The standard InChI is InChI=1S/4C8H11.2C2H6Si.2ClH.2Ti/c4*1-3-8-5-4-7(2)6-8;2*1-3-2;;;;/h4*6H,3-4H2,1-2H3;2*1-2H3;2*1H;;/q4*-1;;;;;2*+2/p-2. The zero-order chi connectivity index (χ0) is 31.1. The normalized spacial score (nSPS) is 15.2. The molecule has 0 saturated heterocycles. The summed E-state index contributed by atoms with van der Waals surface area (Å²) in [5.74, 6) is 0. The largest absolute Gasteiger partial charge is 1.00 e. The average molecular weight is 712 g/mol. The Morgan fingerprint density at radius 3 is 0.667 bits per heavy atom. The summed E-state index contributed by atoms with van der Waals surface area (Å²) in [5, 5.41) is 0. The Balaban J connectivity index is -0.000000209. The molecule has 0 aliphatic heterocycles. The van der Waals surface area contributed by atoms with E-state index in [2.05, 4.69) is 169 Å². The van der Waals surface area contributed by atoms with Crippen molar-refractivity contribution in [1.82, 2.24) is 0 Å². The number of allylic oxidation sites excluding steroid dienone is 16. The van der Waals surface area contributed by atoms with Crippen molar-refractivity contribution in [2.45, 2.75) is 133 Å². The van der Waals surface area contributed by atoms with Crippen LogP contribution in [0.2, 0.25) is 26.2 Å². The van der Waals surface area contributed by atoms with Crippen molar-refractivity contribution < 1.29 is 63.2 Å². The summed E-state index contributed by atoms with van der Waals surface area (Å²) in [6.45, 7) is 26.3. The molecule has 0 atom stereocenters. The van der Waals surface area contributed by atoms with Crippen molar-refractivity contribution in [3.63, 3.8) is 0 Å². The first-order valence-corrected chi connectivity index (χ1v) is 24.6. The molecule has 42 heavy (non-hydrogen) atoms. The van der Waals surface area contributed by atoms with Crippen molar-refractivity contribution in [2.24, 2.45) is 0 Å². The second-order valence-corrected chi connectivity index (χ2v) is 24.3. The first-order valence-electron chi connectivity index (χ1n) is 14.9. The van der Waals surface area contributed by atoms with Gasteiger partial charge in [-0.25, -0.2) is 46.6 Å². The predicted octanol–water partition coefficient (Wildman–Crippen LogP) is 5.48. The fourth-order valence-corrected chi connectivity index (χ4v) is 3.52. The molecule has 0 heterocycles. The summed E-state index contributed by atoms with van der Waals surface area (Å²) in [6.07, 6.45) is 31.0. The molecule has 0 aromatic carbocycles. The zero-order valence-corrected chi connectivity index (χ0v) is 35.4. The van der Waals surface area contributed by atoms with E-state index in [1.807, 2.05) is 0 Å². The van der Waals surface area contributed by atoms with E-state index in [0.29, 0.717) is 0 Å². The number of halogens is 2. The van der Waals surface area contributed by atoms with Gasteiger partial charge < -0.3 is 24.8 Å². The Morgan fingerprint density at radius 1 is 0.476 bits per heavy atom. The van der Waals surface area contributed by atoms with Crippen molar-refractivity contribution >= 4 is 12.4 Å². The molecule has 4 aliphatic carbocycles. The van der Waals surface area contributed by atoms with E-state index < -0.39 is 0 Å². The summed E-state index contributed by atoms with van der Waals surface area (Å²) in [7, 11) is 0. The van der Waals surface area contributed by atoms with Gasteiger partial charge >= 0.3 is 76.9 Å². The minimum atomic E-state index is 0. The zero-order valence-electron chi connectivity index (χ0n) is 28.7. The molecule has 6 heteroatoms. The van der Waals surface area contributed by atoms with Gasteiger partial charge in [-0.15, -0.1) is 25.7 Å². The van der Waals surface area contributed by atoms with Crippen LogP contribution in [-0.2, 0) is 38.3 Å². The van der Waals surface area contributed by atoms with E-state index in [1.165, 1.54) is 44.6 Å².